The largest absolute Gasteiger partial charge is 0.486 e. The second-order valence-corrected chi connectivity index (χ2v) is 8.64. The first-order valence-electron chi connectivity index (χ1n) is 11.1. The van der Waals surface area contributed by atoms with Crippen molar-refractivity contribution in [3.63, 3.8) is 0 Å². The molecular formula is C22H33ClIN5O3. The summed E-state index contributed by atoms with van der Waals surface area (Å²) in [4.78, 5) is 23.7. The quantitative estimate of drug-likeness (QED) is 0.337. The number of ether oxygens (including phenoxy) is 2. The minimum Gasteiger partial charge on any atom is -0.486 e. The minimum atomic E-state index is -0.0601. The molecule has 1 aromatic carbocycles. The average Bonchev–Trinajstić information content (AvgIpc) is 3.34. The summed E-state index contributed by atoms with van der Waals surface area (Å²) in [6, 6.07) is 3.80. The number of carbonyl (C=O) groups is 1. The fraction of sp³-hybridized carbons (Fsp3) is 0.636. The Balaban J connectivity index is 0.00000289. The van der Waals surface area contributed by atoms with Crippen molar-refractivity contribution in [3.05, 3.63) is 22.7 Å². The third-order valence-electron chi connectivity index (χ3n) is 6.26. The number of fused-ring (bicyclic) bond motifs is 1. The molecule has 2 fully saturated rings. The fourth-order valence-electron chi connectivity index (χ4n) is 4.46. The summed E-state index contributed by atoms with van der Waals surface area (Å²) in [5.41, 5.74) is 1.01. The lowest BCUT2D eigenvalue weighted by Crippen LogP contribution is -2.57. The highest BCUT2D eigenvalue weighted by Gasteiger charge is 2.30. The Morgan fingerprint density at radius 3 is 2.47 bits per heavy atom. The predicted molar refractivity (Wildman–Crippen MR) is 136 cm³/mol. The van der Waals surface area contributed by atoms with Crippen LogP contribution in [0.15, 0.2) is 17.1 Å². The van der Waals surface area contributed by atoms with Crippen LogP contribution in [0.1, 0.15) is 25.3 Å². The van der Waals surface area contributed by atoms with Crippen LogP contribution in [0.3, 0.4) is 0 Å². The first kappa shape index (κ1) is 25.2. The SMILES string of the molecule is CN=C(NCc1cc(Cl)c2c(c1)OCCO2)N1CCN(C(C)C(=O)N2CCCC2)CC1.I. The molecule has 1 atom stereocenters. The number of amides is 1. The van der Waals surface area contributed by atoms with E-state index in [9.17, 15) is 4.79 Å². The number of likely N-dealkylation sites (tertiary alicyclic amines) is 1. The lowest BCUT2D eigenvalue weighted by Gasteiger charge is -2.39. The van der Waals surface area contributed by atoms with Gasteiger partial charge in [-0.15, -0.1) is 24.0 Å². The van der Waals surface area contributed by atoms with Gasteiger partial charge in [0.05, 0.1) is 11.1 Å². The number of aliphatic imine (C=N–C) groups is 1. The first-order chi connectivity index (χ1) is 15.1. The fourth-order valence-corrected chi connectivity index (χ4v) is 4.75. The van der Waals surface area contributed by atoms with Gasteiger partial charge in [0.2, 0.25) is 5.91 Å². The van der Waals surface area contributed by atoms with E-state index in [4.69, 9.17) is 21.1 Å². The molecule has 178 valence electrons. The van der Waals surface area contributed by atoms with Crippen molar-refractivity contribution in [2.45, 2.75) is 32.4 Å². The van der Waals surface area contributed by atoms with Crippen LogP contribution in [0.4, 0.5) is 0 Å². The number of halogens is 2. The van der Waals surface area contributed by atoms with Gasteiger partial charge in [-0.1, -0.05) is 11.6 Å². The zero-order valence-corrected chi connectivity index (χ0v) is 21.9. The van der Waals surface area contributed by atoms with E-state index in [0.717, 1.165) is 63.6 Å². The molecule has 8 nitrogen and oxygen atoms in total. The highest BCUT2D eigenvalue weighted by atomic mass is 127. The highest BCUT2D eigenvalue weighted by Crippen LogP contribution is 2.38. The molecule has 0 bridgehead atoms. The van der Waals surface area contributed by atoms with Crippen molar-refractivity contribution in [2.24, 2.45) is 4.99 Å². The monoisotopic (exact) mass is 577 g/mol. The summed E-state index contributed by atoms with van der Waals surface area (Å²) >= 11 is 6.35. The van der Waals surface area contributed by atoms with E-state index in [1.165, 1.54) is 0 Å². The summed E-state index contributed by atoms with van der Waals surface area (Å²) in [5.74, 6) is 2.43. The third kappa shape index (κ3) is 5.72. The summed E-state index contributed by atoms with van der Waals surface area (Å²) < 4.78 is 11.3. The minimum absolute atomic E-state index is 0. The summed E-state index contributed by atoms with van der Waals surface area (Å²) in [6.07, 6.45) is 2.26. The van der Waals surface area contributed by atoms with E-state index in [2.05, 4.69) is 20.1 Å². The number of guanidine groups is 1. The van der Waals surface area contributed by atoms with Crippen LogP contribution in [0.25, 0.3) is 0 Å². The van der Waals surface area contributed by atoms with Gasteiger partial charge in [-0.05, 0) is 37.5 Å². The molecule has 1 aromatic rings. The van der Waals surface area contributed by atoms with Crippen LogP contribution < -0.4 is 14.8 Å². The summed E-state index contributed by atoms with van der Waals surface area (Å²) in [7, 11) is 1.80. The zero-order valence-electron chi connectivity index (χ0n) is 18.8. The Hall–Kier alpha value is -1.46. The number of hydrogen-bond acceptors (Lipinski definition) is 5. The van der Waals surface area contributed by atoms with Crippen molar-refractivity contribution in [2.75, 3.05) is 59.5 Å². The van der Waals surface area contributed by atoms with Crippen molar-refractivity contribution >= 4 is 47.4 Å². The molecule has 3 heterocycles. The van der Waals surface area contributed by atoms with Gasteiger partial charge in [-0.25, -0.2) is 0 Å². The molecular weight excluding hydrogens is 545 g/mol. The number of nitrogens with one attached hydrogen (secondary N) is 1. The highest BCUT2D eigenvalue weighted by molar-refractivity contribution is 14.0. The topological polar surface area (TPSA) is 69.6 Å². The van der Waals surface area contributed by atoms with Crippen molar-refractivity contribution < 1.29 is 14.3 Å². The number of carbonyl (C=O) groups excluding carboxylic acids is 1. The van der Waals surface area contributed by atoms with Gasteiger partial charge in [-0.3, -0.25) is 14.7 Å². The molecule has 3 aliphatic rings. The number of rotatable bonds is 4. The Kier molecular flexibility index (Phi) is 9.13. The number of piperazine rings is 1. The maximum atomic E-state index is 12.7. The second-order valence-electron chi connectivity index (χ2n) is 8.23. The van der Waals surface area contributed by atoms with Crippen molar-refractivity contribution in [1.82, 2.24) is 20.0 Å². The van der Waals surface area contributed by atoms with Gasteiger partial charge >= 0.3 is 0 Å². The normalized spacial score (nSPS) is 20.0. The smallest absolute Gasteiger partial charge is 0.239 e. The molecule has 1 N–H and O–H groups in total. The first-order valence-corrected chi connectivity index (χ1v) is 11.5. The van der Waals surface area contributed by atoms with Gasteiger partial charge in [0.1, 0.15) is 13.2 Å². The third-order valence-corrected chi connectivity index (χ3v) is 6.54. The summed E-state index contributed by atoms with van der Waals surface area (Å²) in [5, 5.41) is 3.99. The molecule has 4 rings (SSSR count). The number of benzene rings is 1. The standard InChI is InChI=1S/C22H32ClN5O3.HI/c1-16(21(29)27-5-3-4-6-27)26-7-9-28(10-8-26)22(24-2)25-15-17-13-18(23)20-19(14-17)30-11-12-31-20;/h13-14,16H,3-12,15H2,1-2H3,(H,24,25);1H. The average molecular weight is 578 g/mol. The molecule has 0 aromatic heterocycles. The van der Waals surface area contributed by atoms with Crippen LogP contribution >= 0.6 is 35.6 Å². The molecule has 1 amide bonds. The van der Waals surface area contributed by atoms with E-state index in [1.807, 2.05) is 24.0 Å². The Bertz CT molecular complexity index is 826. The maximum absolute atomic E-state index is 12.7. The van der Waals surface area contributed by atoms with E-state index < -0.39 is 0 Å². The van der Waals surface area contributed by atoms with Crippen LogP contribution in [-0.2, 0) is 11.3 Å². The number of nitrogens with zero attached hydrogens (tertiary/aromatic N) is 4. The lowest BCUT2D eigenvalue weighted by atomic mass is 10.2. The summed E-state index contributed by atoms with van der Waals surface area (Å²) in [6.45, 7) is 8.85. The molecule has 3 aliphatic heterocycles. The number of hydrogen-bond donors (Lipinski definition) is 1. The van der Waals surface area contributed by atoms with Crippen molar-refractivity contribution in [1.29, 1.82) is 0 Å². The van der Waals surface area contributed by atoms with Gasteiger partial charge < -0.3 is 24.6 Å². The zero-order chi connectivity index (χ0) is 21.8. The maximum Gasteiger partial charge on any atom is 0.239 e. The molecule has 32 heavy (non-hydrogen) atoms. The van der Waals surface area contributed by atoms with E-state index in [0.29, 0.717) is 36.3 Å². The van der Waals surface area contributed by atoms with Crippen LogP contribution in [0.2, 0.25) is 5.02 Å². The van der Waals surface area contributed by atoms with Crippen LogP contribution in [0, 0.1) is 0 Å². The molecule has 0 aliphatic carbocycles. The van der Waals surface area contributed by atoms with Crippen molar-refractivity contribution in [3.8, 4) is 11.5 Å². The molecule has 0 spiro atoms. The predicted octanol–water partition coefficient (Wildman–Crippen LogP) is 2.43. The molecule has 0 saturated carbocycles. The molecule has 10 heteroatoms. The van der Waals surface area contributed by atoms with Gasteiger partial charge in [0.25, 0.3) is 0 Å². The van der Waals surface area contributed by atoms with Gasteiger partial charge in [0.15, 0.2) is 17.5 Å². The molecule has 2 saturated heterocycles. The van der Waals surface area contributed by atoms with E-state index in [-0.39, 0.29) is 35.9 Å². The van der Waals surface area contributed by atoms with Gasteiger partial charge in [0, 0.05) is 52.9 Å². The molecule has 0 radical (unpaired) electrons. The Morgan fingerprint density at radius 1 is 1.09 bits per heavy atom. The van der Waals surface area contributed by atoms with Crippen LogP contribution in [-0.4, -0.2) is 92.1 Å². The van der Waals surface area contributed by atoms with E-state index in [1.54, 1.807) is 7.05 Å². The second kappa shape index (κ2) is 11.6. The molecule has 1 unspecified atom stereocenters. The lowest BCUT2D eigenvalue weighted by molar-refractivity contribution is -0.135. The van der Waals surface area contributed by atoms with E-state index >= 15 is 0 Å². The Morgan fingerprint density at radius 2 is 1.78 bits per heavy atom. The van der Waals surface area contributed by atoms with Crippen LogP contribution in [0.5, 0.6) is 11.5 Å². The Labute approximate surface area is 212 Å². The van der Waals surface area contributed by atoms with Gasteiger partial charge in [-0.2, -0.15) is 0 Å².